The normalized spacial score (nSPS) is 18.4. The number of aromatic nitrogens is 1. The Kier molecular flexibility index (Phi) is 2.95. The summed E-state index contributed by atoms with van der Waals surface area (Å²) in [5.74, 6) is 0.711. The van der Waals surface area contributed by atoms with E-state index in [0.29, 0.717) is 11.4 Å². The van der Waals surface area contributed by atoms with Crippen molar-refractivity contribution in [2.75, 3.05) is 7.11 Å². The summed E-state index contributed by atoms with van der Waals surface area (Å²) >= 11 is 0. The van der Waals surface area contributed by atoms with Crippen molar-refractivity contribution in [3.63, 3.8) is 0 Å². The Morgan fingerprint density at radius 1 is 1.44 bits per heavy atom. The van der Waals surface area contributed by atoms with Crippen molar-refractivity contribution in [1.82, 2.24) is 4.98 Å². The van der Waals surface area contributed by atoms with Crippen molar-refractivity contribution in [3.05, 3.63) is 24.0 Å². The van der Waals surface area contributed by atoms with Gasteiger partial charge < -0.3 is 4.74 Å². The lowest BCUT2D eigenvalue weighted by Crippen LogP contribution is -2.25. The van der Waals surface area contributed by atoms with E-state index in [-0.39, 0.29) is 11.2 Å². The standard InChI is InChI=1S/C13H17NO2/c1-13(7-3-4-8-13)12(15)11-10(16-2)6-5-9-14-11/h5-6,9H,3-4,7-8H2,1-2H3. The SMILES string of the molecule is COc1cccnc1C(=O)C1(C)CCCC1. The number of hydrogen-bond acceptors (Lipinski definition) is 3. The van der Waals surface area contributed by atoms with Gasteiger partial charge in [0, 0.05) is 11.6 Å². The lowest BCUT2D eigenvalue weighted by Gasteiger charge is -2.21. The maximum atomic E-state index is 12.4. The minimum atomic E-state index is -0.234. The first-order valence-corrected chi connectivity index (χ1v) is 5.71. The second kappa shape index (κ2) is 4.24. The molecule has 0 aliphatic heterocycles. The van der Waals surface area contributed by atoms with Crippen LogP contribution in [0, 0.1) is 5.41 Å². The number of nitrogens with zero attached hydrogens (tertiary/aromatic N) is 1. The van der Waals surface area contributed by atoms with Crippen LogP contribution in [-0.2, 0) is 0 Å². The first-order valence-electron chi connectivity index (χ1n) is 5.71. The molecule has 1 heterocycles. The molecule has 0 radical (unpaired) electrons. The number of rotatable bonds is 3. The Morgan fingerprint density at radius 2 is 2.12 bits per heavy atom. The van der Waals surface area contributed by atoms with Gasteiger partial charge in [-0.2, -0.15) is 0 Å². The number of Topliss-reactive ketones (excluding diaryl/α,β-unsaturated/α-hetero) is 1. The Bertz CT molecular complexity index is 395. The molecule has 0 unspecified atom stereocenters. The van der Waals surface area contributed by atoms with Crippen LogP contribution in [0.3, 0.4) is 0 Å². The molecule has 0 bridgehead atoms. The van der Waals surface area contributed by atoms with Crippen molar-refractivity contribution in [2.24, 2.45) is 5.41 Å². The van der Waals surface area contributed by atoms with Gasteiger partial charge in [0.2, 0.25) is 0 Å². The van der Waals surface area contributed by atoms with Gasteiger partial charge in [-0.3, -0.25) is 4.79 Å². The van der Waals surface area contributed by atoms with E-state index in [2.05, 4.69) is 4.98 Å². The van der Waals surface area contributed by atoms with E-state index < -0.39 is 0 Å². The zero-order valence-electron chi connectivity index (χ0n) is 9.82. The Labute approximate surface area is 95.8 Å². The van der Waals surface area contributed by atoms with Gasteiger partial charge >= 0.3 is 0 Å². The second-order valence-corrected chi connectivity index (χ2v) is 4.65. The van der Waals surface area contributed by atoms with Crippen LogP contribution in [0.15, 0.2) is 18.3 Å². The van der Waals surface area contributed by atoms with Gasteiger partial charge in [0.1, 0.15) is 11.4 Å². The lowest BCUT2D eigenvalue weighted by atomic mass is 9.82. The summed E-state index contributed by atoms with van der Waals surface area (Å²) in [5.41, 5.74) is 0.246. The molecule has 0 aromatic carbocycles. The average Bonchev–Trinajstić information content (AvgIpc) is 2.76. The van der Waals surface area contributed by atoms with E-state index >= 15 is 0 Å². The number of pyridine rings is 1. The van der Waals surface area contributed by atoms with Crippen molar-refractivity contribution < 1.29 is 9.53 Å². The first-order chi connectivity index (χ1) is 7.67. The number of ketones is 1. The highest BCUT2D eigenvalue weighted by molar-refractivity contribution is 6.00. The largest absolute Gasteiger partial charge is 0.494 e. The third kappa shape index (κ3) is 1.82. The number of carbonyl (C=O) groups excluding carboxylic acids is 1. The van der Waals surface area contributed by atoms with E-state index in [0.717, 1.165) is 25.7 Å². The minimum absolute atomic E-state index is 0.127. The molecule has 16 heavy (non-hydrogen) atoms. The quantitative estimate of drug-likeness (QED) is 0.734. The molecule has 0 N–H and O–H groups in total. The Hall–Kier alpha value is -1.38. The van der Waals surface area contributed by atoms with Crippen LogP contribution in [0.5, 0.6) is 5.75 Å². The maximum Gasteiger partial charge on any atom is 0.190 e. The summed E-state index contributed by atoms with van der Waals surface area (Å²) in [6.45, 7) is 2.04. The van der Waals surface area contributed by atoms with E-state index in [9.17, 15) is 4.79 Å². The molecule has 0 amide bonds. The van der Waals surface area contributed by atoms with Gasteiger partial charge in [-0.15, -0.1) is 0 Å². The van der Waals surface area contributed by atoms with Crippen LogP contribution >= 0.6 is 0 Å². The zero-order chi connectivity index (χ0) is 11.6. The molecule has 1 aromatic rings. The monoisotopic (exact) mass is 219 g/mol. The highest BCUT2D eigenvalue weighted by atomic mass is 16.5. The molecule has 86 valence electrons. The number of methoxy groups -OCH3 is 1. The predicted octanol–water partition coefficient (Wildman–Crippen LogP) is 2.85. The van der Waals surface area contributed by atoms with Crippen molar-refractivity contribution in [2.45, 2.75) is 32.6 Å². The van der Waals surface area contributed by atoms with Gasteiger partial charge in [0.15, 0.2) is 5.78 Å². The lowest BCUT2D eigenvalue weighted by molar-refractivity contribution is 0.0814. The third-order valence-corrected chi connectivity index (χ3v) is 3.46. The first kappa shape index (κ1) is 11.1. The summed E-state index contributed by atoms with van der Waals surface area (Å²) in [5, 5.41) is 0. The second-order valence-electron chi connectivity index (χ2n) is 4.65. The summed E-state index contributed by atoms with van der Waals surface area (Å²) < 4.78 is 5.19. The van der Waals surface area contributed by atoms with Gasteiger partial charge in [0.05, 0.1) is 7.11 Å². The van der Waals surface area contributed by atoms with Crippen molar-refractivity contribution in [1.29, 1.82) is 0 Å². The predicted molar refractivity (Wildman–Crippen MR) is 61.7 cm³/mol. The molecule has 1 aliphatic rings. The molecule has 0 saturated heterocycles. The Morgan fingerprint density at radius 3 is 2.75 bits per heavy atom. The van der Waals surface area contributed by atoms with Gasteiger partial charge in [-0.05, 0) is 25.0 Å². The van der Waals surface area contributed by atoms with Crippen LogP contribution in [0.4, 0.5) is 0 Å². The van der Waals surface area contributed by atoms with Crippen LogP contribution in [0.1, 0.15) is 43.1 Å². The molecular weight excluding hydrogens is 202 g/mol. The minimum Gasteiger partial charge on any atom is -0.494 e. The molecule has 3 heteroatoms. The van der Waals surface area contributed by atoms with Crippen LogP contribution < -0.4 is 4.74 Å². The molecule has 3 nitrogen and oxygen atoms in total. The molecular formula is C13H17NO2. The fourth-order valence-electron chi connectivity index (χ4n) is 2.39. The van der Waals surface area contributed by atoms with Gasteiger partial charge in [-0.1, -0.05) is 19.8 Å². The topological polar surface area (TPSA) is 39.2 Å². The summed E-state index contributed by atoms with van der Waals surface area (Å²) in [4.78, 5) is 16.6. The van der Waals surface area contributed by atoms with E-state index in [1.807, 2.05) is 6.92 Å². The molecule has 1 fully saturated rings. The van der Waals surface area contributed by atoms with Gasteiger partial charge in [-0.25, -0.2) is 4.98 Å². The average molecular weight is 219 g/mol. The smallest absolute Gasteiger partial charge is 0.190 e. The summed E-state index contributed by atoms with van der Waals surface area (Å²) in [7, 11) is 1.57. The fraction of sp³-hybridized carbons (Fsp3) is 0.538. The highest BCUT2D eigenvalue weighted by Crippen LogP contribution is 2.41. The molecule has 0 spiro atoms. The summed E-state index contributed by atoms with van der Waals surface area (Å²) in [6.07, 6.45) is 5.85. The van der Waals surface area contributed by atoms with Crippen LogP contribution in [-0.4, -0.2) is 17.9 Å². The highest BCUT2D eigenvalue weighted by Gasteiger charge is 2.38. The third-order valence-electron chi connectivity index (χ3n) is 3.46. The number of ether oxygens (including phenoxy) is 1. The molecule has 1 aromatic heterocycles. The van der Waals surface area contributed by atoms with Gasteiger partial charge in [0.25, 0.3) is 0 Å². The number of hydrogen-bond donors (Lipinski definition) is 0. The fourth-order valence-corrected chi connectivity index (χ4v) is 2.39. The van der Waals surface area contributed by atoms with Crippen molar-refractivity contribution in [3.8, 4) is 5.75 Å². The zero-order valence-corrected chi connectivity index (χ0v) is 9.82. The Balaban J connectivity index is 2.33. The summed E-state index contributed by atoms with van der Waals surface area (Å²) in [6, 6.07) is 3.57. The van der Waals surface area contributed by atoms with Crippen molar-refractivity contribution >= 4 is 5.78 Å². The molecule has 2 rings (SSSR count). The molecule has 1 saturated carbocycles. The number of carbonyl (C=O) groups is 1. The van der Waals surface area contributed by atoms with E-state index in [4.69, 9.17) is 4.74 Å². The molecule has 0 atom stereocenters. The van der Waals surface area contributed by atoms with Crippen LogP contribution in [0.2, 0.25) is 0 Å². The maximum absolute atomic E-state index is 12.4. The van der Waals surface area contributed by atoms with Crippen LogP contribution in [0.25, 0.3) is 0 Å². The van der Waals surface area contributed by atoms with E-state index in [1.54, 1.807) is 25.4 Å². The molecule has 1 aliphatic carbocycles. The van der Waals surface area contributed by atoms with E-state index in [1.165, 1.54) is 0 Å².